The number of para-hydroxylation sites is 1. The van der Waals surface area contributed by atoms with Gasteiger partial charge in [-0.3, -0.25) is 0 Å². The zero-order valence-corrected chi connectivity index (χ0v) is 17.9. The van der Waals surface area contributed by atoms with Gasteiger partial charge in [-0.1, -0.05) is 84.9 Å². The van der Waals surface area contributed by atoms with Gasteiger partial charge in [-0.05, 0) is 58.7 Å². The van der Waals surface area contributed by atoms with Crippen LogP contribution in [0.1, 0.15) is 5.56 Å². The molecule has 0 radical (unpaired) electrons. The van der Waals surface area contributed by atoms with Gasteiger partial charge >= 0.3 is 0 Å². The van der Waals surface area contributed by atoms with Gasteiger partial charge in [0.2, 0.25) is 0 Å². The van der Waals surface area contributed by atoms with E-state index in [1.165, 1.54) is 33.0 Å². The number of nitrogens with zero attached hydrogens (tertiary/aromatic N) is 2. The molecule has 0 saturated heterocycles. The van der Waals surface area contributed by atoms with Gasteiger partial charge in [0.05, 0.1) is 22.3 Å². The van der Waals surface area contributed by atoms with E-state index in [4.69, 9.17) is 0 Å². The molecule has 0 unspecified atom stereocenters. The Labute approximate surface area is 192 Å². The van der Waals surface area contributed by atoms with Crippen molar-refractivity contribution >= 4 is 21.8 Å². The van der Waals surface area contributed by atoms with Crippen LogP contribution < -0.4 is 0 Å². The van der Waals surface area contributed by atoms with E-state index in [1.807, 2.05) is 36.4 Å². The summed E-state index contributed by atoms with van der Waals surface area (Å²) in [4.78, 5) is 0. The first-order chi connectivity index (χ1) is 16.3. The van der Waals surface area contributed by atoms with E-state index < -0.39 is 0 Å². The lowest BCUT2D eigenvalue weighted by molar-refractivity contribution is 1.17. The summed E-state index contributed by atoms with van der Waals surface area (Å²) >= 11 is 0. The maximum absolute atomic E-state index is 9.78. The molecule has 5 aromatic carbocycles. The van der Waals surface area contributed by atoms with E-state index in [0.29, 0.717) is 5.56 Å². The predicted molar refractivity (Wildman–Crippen MR) is 136 cm³/mol. The molecule has 0 saturated carbocycles. The summed E-state index contributed by atoms with van der Waals surface area (Å²) in [5, 5.41) is 12.1. The third-order valence-corrected chi connectivity index (χ3v) is 6.24. The van der Waals surface area contributed by atoms with E-state index in [9.17, 15) is 5.26 Å². The maximum Gasteiger partial charge on any atom is 0.101 e. The van der Waals surface area contributed by atoms with Crippen molar-refractivity contribution in [2.24, 2.45) is 0 Å². The van der Waals surface area contributed by atoms with Crippen LogP contribution in [-0.2, 0) is 0 Å². The Hall–Kier alpha value is -4.61. The summed E-state index contributed by atoms with van der Waals surface area (Å²) in [5.41, 5.74) is 8.50. The number of benzene rings is 5. The van der Waals surface area contributed by atoms with Crippen molar-refractivity contribution in [3.63, 3.8) is 0 Å². The Bertz CT molecular complexity index is 1560. The van der Waals surface area contributed by atoms with Crippen LogP contribution in [0.4, 0.5) is 0 Å². The van der Waals surface area contributed by atoms with E-state index >= 15 is 0 Å². The summed E-state index contributed by atoms with van der Waals surface area (Å²) in [6, 6.07) is 44.3. The second-order valence-electron chi connectivity index (χ2n) is 8.16. The van der Waals surface area contributed by atoms with Crippen LogP contribution >= 0.6 is 0 Å². The first-order valence-corrected chi connectivity index (χ1v) is 11.0. The molecule has 1 aromatic heterocycles. The first-order valence-electron chi connectivity index (χ1n) is 11.0. The molecule has 0 aliphatic carbocycles. The van der Waals surface area contributed by atoms with Crippen LogP contribution in [0.2, 0.25) is 0 Å². The van der Waals surface area contributed by atoms with Gasteiger partial charge in [0.1, 0.15) is 6.07 Å². The fourth-order valence-corrected chi connectivity index (χ4v) is 4.67. The molecule has 0 fully saturated rings. The molecular formula is C31H20N2. The van der Waals surface area contributed by atoms with E-state index in [-0.39, 0.29) is 0 Å². The second kappa shape index (κ2) is 7.82. The molecule has 154 valence electrons. The zero-order chi connectivity index (χ0) is 22.2. The van der Waals surface area contributed by atoms with Crippen molar-refractivity contribution in [3.8, 4) is 34.0 Å². The molecule has 33 heavy (non-hydrogen) atoms. The van der Waals surface area contributed by atoms with Gasteiger partial charge in [0, 0.05) is 10.8 Å². The maximum atomic E-state index is 9.78. The van der Waals surface area contributed by atoms with Crippen molar-refractivity contribution in [1.29, 1.82) is 5.26 Å². The average molecular weight is 421 g/mol. The summed E-state index contributed by atoms with van der Waals surface area (Å²) in [6.45, 7) is 0. The minimum Gasteiger partial charge on any atom is -0.308 e. The molecule has 0 aliphatic heterocycles. The number of aromatic nitrogens is 1. The Morgan fingerprint density at radius 3 is 1.48 bits per heavy atom. The molecule has 6 aromatic rings. The number of nitriles is 1. The van der Waals surface area contributed by atoms with Crippen LogP contribution in [0.5, 0.6) is 0 Å². The topological polar surface area (TPSA) is 28.7 Å². The van der Waals surface area contributed by atoms with Gasteiger partial charge in [0.15, 0.2) is 0 Å². The van der Waals surface area contributed by atoms with E-state index in [1.54, 1.807) is 0 Å². The molecule has 0 atom stereocenters. The third-order valence-electron chi connectivity index (χ3n) is 6.24. The lowest BCUT2D eigenvalue weighted by Crippen LogP contribution is -1.97. The van der Waals surface area contributed by atoms with Gasteiger partial charge in [-0.15, -0.1) is 0 Å². The van der Waals surface area contributed by atoms with Gasteiger partial charge in [0.25, 0.3) is 0 Å². The van der Waals surface area contributed by atoms with Crippen LogP contribution in [0.15, 0.2) is 121 Å². The summed E-state index contributed by atoms with van der Waals surface area (Å²) in [5.74, 6) is 0. The largest absolute Gasteiger partial charge is 0.308 e. The van der Waals surface area contributed by atoms with Crippen LogP contribution in [-0.4, -0.2) is 4.57 Å². The number of fused-ring (bicyclic) bond motifs is 3. The van der Waals surface area contributed by atoms with Crippen LogP contribution in [0.3, 0.4) is 0 Å². The molecule has 2 heteroatoms. The molecule has 0 amide bonds. The zero-order valence-electron chi connectivity index (χ0n) is 17.9. The van der Waals surface area contributed by atoms with Crippen LogP contribution in [0.25, 0.3) is 49.7 Å². The highest BCUT2D eigenvalue weighted by molar-refractivity contribution is 6.11. The molecule has 2 nitrogen and oxygen atoms in total. The van der Waals surface area contributed by atoms with E-state index in [0.717, 1.165) is 16.7 Å². The minimum atomic E-state index is 0.663. The molecule has 0 aliphatic rings. The Morgan fingerprint density at radius 1 is 0.485 bits per heavy atom. The summed E-state index contributed by atoms with van der Waals surface area (Å²) in [7, 11) is 0. The SMILES string of the molecule is N#Cc1ccccc1-n1c2ccc(-c3ccccc3)cc2c2cc(-c3ccccc3)ccc21. The molecule has 1 heterocycles. The summed E-state index contributed by atoms with van der Waals surface area (Å²) < 4.78 is 2.22. The Balaban J connectivity index is 1.70. The highest BCUT2D eigenvalue weighted by Crippen LogP contribution is 2.37. The minimum absolute atomic E-state index is 0.663. The van der Waals surface area contributed by atoms with Gasteiger partial charge < -0.3 is 4.57 Å². The first kappa shape index (κ1) is 19.1. The standard InChI is InChI=1S/C31H20N2/c32-21-26-13-7-8-14-29(26)33-30-17-15-24(22-9-3-1-4-10-22)19-27(30)28-20-25(16-18-31(28)33)23-11-5-2-6-12-23/h1-20H. The third kappa shape index (κ3) is 3.19. The van der Waals surface area contributed by atoms with Crippen molar-refractivity contribution in [3.05, 3.63) is 127 Å². The fourth-order valence-electron chi connectivity index (χ4n) is 4.67. The Kier molecular flexibility index (Phi) is 4.53. The van der Waals surface area contributed by atoms with E-state index in [2.05, 4.69) is 95.6 Å². The molecule has 6 rings (SSSR count). The average Bonchev–Trinajstić information content (AvgIpc) is 3.22. The lowest BCUT2D eigenvalue weighted by Gasteiger charge is -2.10. The number of hydrogen-bond donors (Lipinski definition) is 0. The van der Waals surface area contributed by atoms with Gasteiger partial charge in [-0.25, -0.2) is 0 Å². The summed E-state index contributed by atoms with van der Waals surface area (Å²) in [6.07, 6.45) is 0. The lowest BCUT2D eigenvalue weighted by atomic mass is 10.0. The van der Waals surface area contributed by atoms with Crippen molar-refractivity contribution in [1.82, 2.24) is 4.57 Å². The van der Waals surface area contributed by atoms with Crippen molar-refractivity contribution in [2.45, 2.75) is 0 Å². The molecule has 0 bridgehead atoms. The molecular weight excluding hydrogens is 400 g/mol. The van der Waals surface area contributed by atoms with Crippen molar-refractivity contribution in [2.75, 3.05) is 0 Å². The monoisotopic (exact) mass is 420 g/mol. The smallest absolute Gasteiger partial charge is 0.101 e. The van der Waals surface area contributed by atoms with Gasteiger partial charge in [-0.2, -0.15) is 5.26 Å². The fraction of sp³-hybridized carbons (Fsp3) is 0. The Morgan fingerprint density at radius 2 is 0.970 bits per heavy atom. The van der Waals surface area contributed by atoms with Crippen molar-refractivity contribution < 1.29 is 0 Å². The second-order valence-corrected chi connectivity index (χ2v) is 8.16. The quantitative estimate of drug-likeness (QED) is 0.285. The molecule has 0 N–H and O–H groups in total. The predicted octanol–water partition coefficient (Wildman–Crippen LogP) is 7.99. The number of hydrogen-bond acceptors (Lipinski definition) is 1. The normalized spacial score (nSPS) is 11.0. The van der Waals surface area contributed by atoms with Crippen LogP contribution in [0, 0.1) is 11.3 Å². The highest BCUT2D eigenvalue weighted by Gasteiger charge is 2.16. The molecule has 0 spiro atoms. The highest BCUT2D eigenvalue weighted by atomic mass is 15.0. The number of rotatable bonds is 3.